The van der Waals surface area contributed by atoms with Gasteiger partial charge in [0, 0.05) is 18.0 Å². The van der Waals surface area contributed by atoms with E-state index < -0.39 is 0 Å². The van der Waals surface area contributed by atoms with E-state index >= 15 is 0 Å². The van der Waals surface area contributed by atoms with Crippen LogP contribution in [0.15, 0.2) is 47.3 Å². The number of para-hydroxylation sites is 1. The van der Waals surface area contributed by atoms with E-state index in [1.165, 1.54) is 0 Å². The zero-order chi connectivity index (χ0) is 22.7. The van der Waals surface area contributed by atoms with Gasteiger partial charge in [0.25, 0.3) is 5.56 Å². The maximum atomic E-state index is 13.6. The molecule has 1 aromatic heterocycles. The summed E-state index contributed by atoms with van der Waals surface area (Å²) in [4.78, 5) is 33.2. The third-order valence-corrected chi connectivity index (χ3v) is 6.10. The van der Waals surface area contributed by atoms with Gasteiger partial charge in [-0.15, -0.1) is 0 Å². The number of amides is 1. The minimum atomic E-state index is -0.373. The van der Waals surface area contributed by atoms with Crippen LogP contribution in [0, 0.1) is 12.8 Å². The maximum absolute atomic E-state index is 13.6. The maximum Gasteiger partial charge on any atom is 0.266 e. The van der Waals surface area contributed by atoms with Crippen molar-refractivity contribution in [3.05, 3.63) is 69.2 Å². The smallest absolute Gasteiger partial charge is 0.266 e. The largest absolute Gasteiger partial charge is 0.333 e. The molecule has 0 aliphatic carbocycles. The van der Waals surface area contributed by atoms with Gasteiger partial charge in [0.1, 0.15) is 5.82 Å². The Hall–Kier alpha value is -2.66. The zero-order valence-electron chi connectivity index (χ0n) is 18.9. The molecular formula is C25H30ClN3O2. The number of benzene rings is 2. The van der Waals surface area contributed by atoms with Crippen LogP contribution in [0.1, 0.15) is 58.0 Å². The molecule has 0 spiro atoms. The average Bonchev–Trinajstić information content (AvgIpc) is 2.75. The van der Waals surface area contributed by atoms with Crippen LogP contribution in [0.4, 0.5) is 0 Å². The highest BCUT2D eigenvalue weighted by Crippen LogP contribution is 2.27. The SMILES string of the molecule is CCC(=O)N(CCC(C)C)C(C)c1nc2ccccc2c(=O)n1-c1cccc(Cl)c1C. The van der Waals surface area contributed by atoms with Crippen LogP contribution in [0.2, 0.25) is 5.02 Å². The summed E-state index contributed by atoms with van der Waals surface area (Å²) in [5.74, 6) is 1.05. The fraction of sp³-hybridized carbons (Fsp3) is 0.400. The predicted molar refractivity (Wildman–Crippen MR) is 127 cm³/mol. The lowest BCUT2D eigenvalue weighted by Crippen LogP contribution is -2.38. The van der Waals surface area contributed by atoms with Gasteiger partial charge in [-0.3, -0.25) is 14.2 Å². The zero-order valence-corrected chi connectivity index (χ0v) is 19.6. The molecule has 3 aromatic rings. The van der Waals surface area contributed by atoms with Gasteiger partial charge in [-0.1, -0.05) is 50.6 Å². The van der Waals surface area contributed by atoms with Gasteiger partial charge in [0.15, 0.2) is 0 Å². The van der Waals surface area contributed by atoms with Crippen molar-refractivity contribution in [3.63, 3.8) is 0 Å². The third kappa shape index (κ3) is 4.67. The van der Waals surface area contributed by atoms with Gasteiger partial charge >= 0.3 is 0 Å². The quantitative estimate of drug-likeness (QED) is 0.475. The number of carbonyl (C=O) groups is 1. The molecule has 0 N–H and O–H groups in total. The van der Waals surface area contributed by atoms with Crippen LogP contribution in [0.25, 0.3) is 16.6 Å². The van der Waals surface area contributed by atoms with E-state index in [-0.39, 0.29) is 17.5 Å². The Kier molecular flexibility index (Phi) is 7.16. The normalized spacial score (nSPS) is 12.4. The number of nitrogens with zero attached hydrogens (tertiary/aromatic N) is 3. The number of fused-ring (bicyclic) bond motifs is 1. The molecule has 1 unspecified atom stereocenters. The molecule has 0 aliphatic rings. The molecule has 0 aliphatic heterocycles. The van der Waals surface area contributed by atoms with Crippen LogP contribution in [-0.2, 0) is 4.79 Å². The van der Waals surface area contributed by atoms with Crippen LogP contribution in [0.3, 0.4) is 0 Å². The first-order valence-electron chi connectivity index (χ1n) is 10.8. The number of carbonyl (C=O) groups excluding carboxylic acids is 1. The Morgan fingerprint density at radius 3 is 2.52 bits per heavy atom. The fourth-order valence-corrected chi connectivity index (χ4v) is 3.94. The van der Waals surface area contributed by atoms with Crippen LogP contribution in [0.5, 0.6) is 0 Å². The number of hydrogen-bond acceptors (Lipinski definition) is 3. The molecule has 1 atom stereocenters. The van der Waals surface area contributed by atoms with Crippen molar-refractivity contribution < 1.29 is 4.79 Å². The number of aromatic nitrogens is 2. The minimum absolute atomic E-state index is 0.0462. The lowest BCUT2D eigenvalue weighted by molar-refractivity contribution is -0.133. The van der Waals surface area contributed by atoms with E-state index in [4.69, 9.17) is 16.6 Å². The van der Waals surface area contributed by atoms with E-state index in [2.05, 4.69) is 13.8 Å². The van der Waals surface area contributed by atoms with Crippen LogP contribution < -0.4 is 5.56 Å². The van der Waals surface area contributed by atoms with E-state index in [0.29, 0.717) is 46.3 Å². The second-order valence-corrected chi connectivity index (χ2v) is 8.72. The summed E-state index contributed by atoms with van der Waals surface area (Å²) in [6, 6.07) is 12.4. The van der Waals surface area contributed by atoms with Crippen molar-refractivity contribution in [2.45, 2.75) is 53.5 Å². The highest BCUT2D eigenvalue weighted by molar-refractivity contribution is 6.31. The van der Waals surface area contributed by atoms with Crippen LogP contribution in [-0.4, -0.2) is 26.9 Å². The Balaban J connectivity index is 2.28. The first-order chi connectivity index (χ1) is 14.8. The average molecular weight is 440 g/mol. The van der Waals surface area contributed by atoms with Crippen molar-refractivity contribution in [1.29, 1.82) is 0 Å². The van der Waals surface area contributed by atoms with Gasteiger partial charge in [0.05, 0.1) is 22.6 Å². The van der Waals surface area contributed by atoms with Crippen molar-refractivity contribution in [3.8, 4) is 5.69 Å². The Labute approximate surface area is 188 Å². The lowest BCUT2D eigenvalue weighted by Gasteiger charge is -2.31. The van der Waals surface area contributed by atoms with Crippen molar-refractivity contribution in [2.24, 2.45) is 5.92 Å². The van der Waals surface area contributed by atoms with Gasteiger partial charge in [-0.25, -0.2) is 4.98 Å². The second kappa shape index (κ2) is 9.65. The van der Waals surface area contributed by atoms with E-state index in [9.17, 15) is 9.59 Å². The highest BCUT2D eigenvalue weighted by Gasteiger charge is 2.26. The topological polar surface area (TPSA) is 55.2 Å². The lowest BCUT2D eigenvalue weighted by atomic mass is 10.1. The molecule has 6 heteroatoms. The molecule has 5 nitrogen and oxygen atoms in total. The molecule has 3 rings (SSSR count). The fourth-order valence-electron chi connectivity index (χ4n) is 3.78. The Morgan fingerprint density at radius 2 is 1.84 bits per heavy atom. The molecule has 0 saturated carbocycles. The van der Waals surface area contributed by atoms with Gasteiger partial charge in [0.2, 0.25) is 5.91 Å². The number of rotatable bonds is 7. The number of hydrogen-bond donors (Lipinski definition) is 0. The van der Waals surface area contributed by atoms with Gasteiger partial charge in [-0.05, 0) is 56.0 Å². The minimum Gasteiger partial charge on any atom is -0.333 e. The standard InChI is InChI=1S/C25H30ClN3O2/c1-6-23(30)28(15-14-16(2)3)18(5)24-27-21-12-8-7-10-19(21)25(31)29(24)22-13-9-11-20(26)17(22)4/h7-13,16,18H,6,14-15H2,1-5H3. The predicted octanol–water partition coefficient (Wildman–Crippen LogP) is 5.69. The first-order valence-corrected chi connectivity index (χ1v) is 11.2. The Morgan fingerprint density at radius 1 is 1.13 bits per heavy atom. The van der Waals surface area contributed by atoms with E-state index in [1.807, 2.05) is 56.0 Å². The summed E-state index contributed by atoms with van der Waals surface area (Å²) in [6.07, 6.45) is 1.28. The molecule has 164 valence electrons. The third-order valence-electron chi connectivity index (χ3n) is 5.69. The van der Waals surface area contributed by atoms with E-state index in [0.717, 1.165) is 12.0 Å². The van der Waals surface area contributed by atoms with E-state index in [1.54, 1.807) is 16.7 Å². The highest BCUT2D eigenvalue weighted by atomic mass is 35.5. The van der Waals surface area contributed by atoms with Crippen molar-refractivity contribution in [1.82, 2.24) is 14.5 Å². The Bertz CT molecular complexity index is 1150. The molecule has 0 radical (unpaired) electrons. The molecule has 2 aromatic carbocycles. The van der Waals surface area contributed by atoms with Gasteiger partial charge in [-0.2, -0.15) is 0 Å². The van der Waals surface area contributed by atoms with Gasteiger partial charge < -0.3 is 4.90 Å². The molecule has 1 heterocycles. The molecular weight excluding hydrogens is 410 g/mol. The number of halogens is 1. The molecule has 1 amide bonds. The summed E-state index contributed by atoms with van der Waals surface area (Å²) < 4.78 is 1.62. The summed E-state index contributed by atoms with van der Waals surface area (Å²) in [5, 5.41) is 1.12. The van der Waals surface area contributed by atoms with Crippen molar-refractivity contribution in [2.75, 3.05) is 6.54 Å². The molecule has 0 fully saturated rings. The molecule has 0 bridgehead atoms. The summed E-state index contributed by atoms with van der Waals surface area (Å²) in [7, 11) is 0. The monoisotopic (exact) mass is 439 g/mol. The first kappa shape index (κ1) is 23.0. The summed E-state index contributed by atoms with van der Waals surface area (Å²) >= 11 is 6.39. The summed E-state index contributed by atoms with van der Waals surface area (Å²) in [5.41, 5.74) is 1.95. The van der Waals surface area contributed by atoms with Crippen LogP contribution >= 0.6 is 11.6 Å². The van der Waals surface area contributed by atoms with Crippen molar-refractivity contribution >= 4 is 28.4 Å². The second-order valence-electron chi connectivity index (χ2n) is 8.31. The summed E-state index contributed by atoms with van der Waals surface area (Å²) in [6.45, 7) is 10.6. The molecule has 0 saturated heterocycles. The molecule has 31 heavy (non-hydrogen) atoms.